The topological polar surface area (TPSA) is 68.2 Å². The van der Waals surface area contributed by atoms with E-state index in [-0.39, 0.29) is 11.4 Å². The molecule has 0 aliphatic carbocycles. The quantitative estimate of drug-likeness (QED) is 0.695. The standard InChI is InChI=1S/C10H6BrFN2O3/c11-10-9(3-4-13-10)17-8-2-1-6(14(15)16)5-7(8)12/h1-5,13H. The lowest BCUT2D eigenvalue weighted by Crippen LogP contribution is -1.92. The van der Waals surface area contributed by atoms with Crippen molar-refractivity contribution in [2.45, 2.75) is 0 Å². The molecule has 0 atom stereocenters. The van der Waals surface area contributed by atoms with Gasteiger partial charge >= 0.3 is 0 Å². The van der Waals surface area contributed by atoms with Gasteiger partial charge in [-0.2, -0.15) is 0 Å². The van der Waals surface area contributed by atoms with Crippen LogP contribution in [0.3, 0.4) is 0 Å². The minimum Gasteiger partial charge on any atom is -0.451 e. The Kier molecular flexibility index (Phi) is 3.10. The van der Waals surface area contributed by atoms with Crippen molar-refractivity contribution in [1.29, 1.82) is 0 Å². The number of hydrogen-bond donors (Lipinski definition) is 1. The number of nitrogens with one attached hydrogen (secondary N) is 1. The summed E-state index contributed by atoms with van der Waals surface area (Å²) in [5.74, 6) is -0.457. The molecule has 5 nitrogen and oxygen atoms in total. The highest BCUT2D eigenvalue weighted by atomic mass is 79.9. The highest BCUT2D eigenvalue weighted by molar-refractivity contribution is 9.10. The van der Waals surface area contributed by atoms with Gasteiger partial charge in [-0.25, -0.2) is 4.39 Å². The van der Waals surface area contributed by atoms with Crippen LogP contribution >= 0.6 is 15.9 Å². The van der Waals surface area contributed by atoms with Crippen molar-refractivity contribution in [3.63, 3.8) is 0 Å². The zero-order chi connectivity index (χ0) is 12.4. The number of aromatic amines is 1. The van der Waals surface area contributed by atoms with Crippen LogP contribution in [0.5, 0.6) is 11.5 Å². The fourth-order valence-corrected chi connectivity index (χ4v) is 1.56. The molecule has 0 radical (unpaired) electrons. The molecule has 2 rings (SSSR count). The van der Waals surface area contributed by atoms with Crippen molar-refractivity contribution in [1.82, 2.24) is 4.98 Å². The number of hydrogen-bond acceptors (Lipinski definition) is 3. The molecular formula is C10H6BrFN2O3. The minimum atomic E-state index is -0.785. The Balaban J connectivity index is 2.29. The molecular weight excluding hydrogens is 295 g/mol. The SMILES string of the molecule is O=[N+]([O-])c1ccc(Oc2cc[nH]c2Br)c(F)c1. The van der Waals surface area contributed by atoms with E-state index in [9.17, 15) is 14.5 Å². The van der Waals surface area contributed by atoms with Crippen molar-refractivity contribution in [3.8, 4) is 11.5 Å². The largest absolute Gasteiger partial charge is 0.451 e. The van der Waals surface area contributed by atoms with E-state index in [4.69, 9.17) is 4.74 Å². The van der Waals surface area contributed by atoms with Gasteiger partial charge in [-0.1, -0.05) is 0 Å². The average molecular weight is 301 g/mol. The highest BCUT2D eigenvalue weighted by Crippen LogP contribution is 2.31. The summed E-state index contributed by atoms with van der Waals surface area (Å²) in [4.78, 5) is 12.6. The summed E-state index contributed by atoms with van der Waals surface area (Å²) in [7, 11) is 0. The lowest BCUT2D eigenvalue weighted by Gasteiger charge is -2.04. The molecule has 17 heavy (non-hydrogen) atoms. The summed E-state index contributed by atoms with van der Waals surface area (Å²) in [5.41, 5.74) is -0.317. The molecule has 2 aromatic rings. The number of nitrogens with zero attached hydrogens (tertiary/aromatic N) is 1. The maximum atomic E-state index is 13.5. The molecule has 0 amide bonds. The average Bonchev–Trinajstić information content (AvgIpc) is 2.67. The zero-order valence-electron chi connectivity index (χ0n) is 8.31. The van der Waals surface area contributed by atoms with Crippen LogP contribution in [0.25, 0.3) is 0 Å². The van der Waals surface area contributed by atoms with Crippen LogP contribution in [-0.2, 0) is 0 Å². The van der Waals surface area contributed by atoms with Gasteiger partial charge in [0.15, 0.2) is 17.3 Å². The molecule has 0 aliphatic rings. The first-order valence-electron chi connectivity index (χ1n) is 4.52. The number of rotatable bonds is 3. The van der Waals surface area contributed by atoms with Crippen molar-refractivity contribution >= 4 is 21.6 Å². The highest BCUT2D eigenvalue weighted by Gasteiger charge is 2.13. The van der Waals surface area contributed by atoms with Crippen molar-refractivity contribution in [2.24, 2.45) is 0 Å². The molecule has 0 saturated heterocycles. The van der Waals surface area contributed by atoms with E-state index in [1.807, 2.05) is 0 Å². The fourth-order valence-electron chi connectivity index (χ4n) is 1.22. The van der Waals surface area contributed by atoms with Crippen LogP contribution in [0.4, 0.5) is 10.1 Å². The first kappa shape index (κ1) is 11.6. The van der Waals surface area contributed by atoms with E-state index in [1.54, 1.807) is 12.3 Å². The van der Waals surface area contributed by atoms with Gasteiger partial charge in [-0.15, -0.1) is 0 Å². The van der Waals surface area contributed by atoms with E-state index in [0.29, 0.717) is 10.4 Å². The number of ether oxygens (including phenoxy) is 1. The van der Waals surface area contributed by atoms with E-state index >= 15 is 0 Å². The zero-order valence-corrected chi connectivity index (χ0v) is 9.90. The van der Waals surface area contributed by atoms with Crippen molar-refractivity contribution < 1.29 is 14.1 Å². The Morgan fingerprint density at radius 2 is 2.12 bits per heavy atom. The summed E-state index contributed by atoms with van der Waals surface area (Å²) in [5, 5.41) is 10.4. The van der Waals surface area contributed by atoms with Gasteiger partial charge in [0, 0.05) is 12.3 Å². The molecule has 1 aromatic carbocycles. The normalized spacial score (nSPS) is 10.2. The van der Waals surface area contributed by atoms with Gasteiger partial charge in [-0.05, 0) is 28.1 Å². The monoisotopic (exact) mass is 300 g/mol. The van der Waals surface area contributed by atoms with Gasteiger partial charge in [-0.3, -0.25) is 10.1 Å². The lowest BCUT2D eigenvalue weighted by atomic mass is 10.3. The van der Waals surface area contributed by atoms with Crippen LogP contribution < -0.4 is 4.74 Å². The van der Waals surface area contributed by atoms with Gasteiger partial charge in [0.1, 0.15) is 4.60 Å². The Labute approximate surface area is 103 Å². The van der Waals surface area contributed by atoms with Crippen LogP contribution in [0.15, 0.2) is 35.1 Å². The summed E-state index contributed by atoms with van der Waals surface area (Å²) in [6.45, 7) is 0. The molecule has 1 N–H and O–H groups in total. The number of non-ortho nitro benzene ring substituents is 1. The molecule has 1 heterocycles. The third-order valence-corrected chi connectivity index (χ3v) is 2.63. The van der Waals surface area contributed by atoms with Gasteiger partial charge in [0.2, 0.25) is 0 Å². The number of H-pyrrole nitrogens is 1. The number of benzene rings is 1. The van der Waals surface area contributed by atoms with E-state index in [2.05, 4.69) is 20.9 Å². The molecule has 0 aliphatic heterocycles. The maximum Gasteiger partial charge on any atom is 0.272 e. The molecule has 0 saturated carbocycles. The van der Waals surface area contributed by atoms with E-state index in [1.165, 1.54) is 12.1 Å². The number of nitro benzene ring substituents is 1. The Hall–Kier alpha value is -1.89. The molecule has 0 fully saturated rings. The third-order valence-electron chi connectivity index (χ3n) is 2.01. The molecule has 7 heteroatoms. The second-order valence-corrected chi connectivity index (χ2v) is 3.92. The fraction of sp³-hybridized carbons (Fsp3) is 0. The smallest absolute Gasteiger partial charge is 0.272 e. The predicted molar refractivity (Wildman–Crippen MR) is 61.6 cm³/mol. The van der Waals surface area contributed by atoms with Gasteiger partial charge in [0.25, 0.3) is 5.69 Å². The van der Waals surface area contributed by atoms with Crippen LogP contribution in [0, 0.1) is 15.9 Å². The molecule has 88 valence electrons. The first-order chi connectivity index (χ1) is 8.08. The molecule has 1 aromatic heterocycles. The predicted octanol–water partition coefficient (Wildman–Crippen LogP) is 3.62. The maximum absolute atomic E-state index is 13.5. The first-order valence-corrected chi connectivity index (χ1v) is 5.32. The second-order valence-electron chi connectivity index (χ2n) is 3.13. The summed E-state index contributed by atoms with van der Waals surface area (Å²) in [6, 6.07) is 4.81. The third kappa shape index (κ3) is 2.44. The van der Waals surface area contributed by atoms with Crippen LogP contribution in [-0.4, -0.2) is 9.91 Å². The second kappa shape index (κ2) is 4.54. The Morgan fingerprint density at radius 3 is 2.65 bits per heavy atom. The van der Waals surface area contributed by atoms with Gasteiger partial charge < -0.3 is 9.72 Å². The number of nitro groups is 1. The van der Waals surface area contributed by atoms with Gasteiger partial charge in [0.05, 0.1) is 11.0 Å². The number of halogens is 2. The molecule has 0 unspecified atom stereocenters. The summed E-state index contributed by atoms with van der Waals surface area (Å²) >= 11 is 3.17. The summed E-state index contributed by atoms with van der Waals surface area (Å²) < 4.78 is 19.3. The van der Waals surface area contributed by atoms with Crippen molar-refractivity contribution in [2.75, 3.05) is 0 Å². The lowest BCUT2D eigenvalue weighted by molar-refractivity contribution is -0.385. The minimum absolute atomic E-state index is 0.0732. The number of aromatic nitrogens is 1. The van der Waals surface area contributed by atoms with Crippen LogP contribution in [0.1, 0.15) is 0 Å². The molecule has 0 bridgehead atoms. The van der Waals surface area contributed by atoms with E-state index in [0.717, 1.165) is 6.07 Å². The summed E-state index contributed by atoms with van der Waals surface area (Å²) in [6.07, 6.45) is 1.61. The Morgan fingerprint density at radius 1 is 1.35 bits per heavy atom. The Bertz CT molecular complexity index is 570. The van der Waals surface area contributed by atoms with E-state index < -0.39 is 10.7 Å². The molecule has 0 spiro atoms. The van der Waals surface area contributed by atoms with Crippen LogP contribution in [0.2, 0.25) is 0 Å². The van der Waals surface area contributed by atoms with Crippen molar-refractivity contribution in [3.05, 3.63) is 51.0 Å².